The zero-order valence-corrected chi connectivity index (χ0v) is 28.7. The molecule has 246 valence electrons. The lowest BCUT2D eigenvalue weighted by Crippen LogP contribution is -2.69. The van der Waals surface area contributed by atoms with Gasteiger partial charge in [-0.15, -0.1) is 0 Å². The summed E-state index contributed by atoms with van der Waals surface area (Å²) in [5.74, 6) is -1.91. The molecule has 2 aliphatic heterocycles. The smallest absolute Gasteiger partial charge is 0.249 e. The minimum atomic E-state index is -1.35. The number of rotatable bonds is 9. The molecule has 11 heteroatoms. The first-order valence-corrected chi connectivity index (χ1v) is 15.8. The average molecular weight is 607 g/mol. The van der Waals surface area contributed by atoms with Crippen LogP contribution >= 0.6 is 0 Å². The molecule has 11 nitrogen and oxygen atoms in total. The first kappa shape index (κ1) is 36.5. The van der Waals surface area contributed by atoms with Crippen molar-refractivity contribution in [3.63, 3.8) is 0 Å². The van der Waals surface area contributed by atoms with E-state index < -0.39 is 52.5 Å². The Morgan fingerprint density at radius 1 is 0.814 bits per heavy atom. The summed E-state index contributed by atoms with van der Waals surface area (Å²) in [5, 5.41) is 5.82. The number of hydrogen-bond donors (Lipinski definition) is 3. The van der Waals surface area contributed by atoms with Gasteiger partial charge in [-0.25, -0.2) is 0 Å². The van der Waals surface area contributed by atoms with Crippen molar-refractivity contribution in [2.75, 3.05) is 20.1 Å². The fourth-order valence-electron chi connectivity index (χ4n) is 5.96. The van der Waals surface area contributed by atoms with Gasteiger partial charge in [0.25, 0.3) is 0 Å². The lowest BCUT2D eigenvalue weighted by atomic mass is 9.72. The largest absolute Gasteiger partial charge is 0.350 e. The van der Waals surface area contributed by atoms with Gasteiger partial charge < -0.3 is 31.1 Å². The van der Waals surface area contributed by atoms with Crippen molar-refractivity contribution in [2.24, 2.45) is 23.0 Å². The summed E-state index contributed by atoms with van der Waals surface area (Å²) in [6, 6.07) is -2.95. The van der Waals surface area contributed by atoms with Crippen LogP contribution in [0.3, 0.4) is 0 Å². The van der Waals surface area contributed by atoms with Gasteiger partial charge in [0, 0.05) is 25.7 Å². The molecule has 5 atom stereocenters. The van der Waals surface area contributed by atoms with Gasteiger partial charge in [0.05, 0.1) is 6.04 Å². The van der Waals surface area contributed by atoms with Crippen molar-refractivity contribution < 1.29 is 24.0 Å². The van der Waals surface area contributed by atoms with Crippen LogP contribution in [0, 0.1) is 17.3 Å². The molecular weight excluding hydrogens is 548 g/mol. The highest BCUT2D eigenvalue weighted by molar-refractivity contribution is 5.98. The second kappa shape index (κ2) is 13.5. The molecule has 0 spiro atoms. The molecule has 2 saturated heterocycles. The zero-order chi connectivity index (χ0) is 33.2. The molecule has 0 aromatic heterocycles. The first-order chi connectivity index (χ1) is 19.6. The highest BCUT2D eigenvalue weighted by Crippen LogP contribution is 2.39. The predicted molar refractivity (Wildman–Crippen MR) is 168 cm³/mol. The van der Waals surface area contributed by atoms with E-state index in [9.17, 15) is 24.0 Å². The van der Waals surface area contributed by atoms with E-state index in [1.165, 1.54) is 4.90 Å². The highest BCUT2D eigenvalue weighted by atomic mass is 16.2. The van der Waals surface area contributed by atoms with E-state index in [0.717, 1.165) is 0 Å². The van der Waals surface area contributed by atoms with Crippen LogP contribution in [0.5, 0.6) is 0 Å². The molecule has 0 aliphatic carbocycles. The van der Waals surface area contributed by atoms with E-state index in [-0.39, 0.29) is 29.6 Å². The summed E-state index contributed by atoms with van der Waals surface area (Å²) < 4.78 is 0. The molecule has 2 heterocycles. The van der Waals surface area contributed by atoms with Gasteiger partial charge in [-0.1, -0.05) is 48.5 Å². The number of nitrogens with one attached hydrogen (secondary N) is 2. The number of carbonyl (C=O) groups is 5. The summed E-state index contributed by atoms with van der Waals surface area (Å²) in [6.45, 7) is 21.3. The molecule has 2 fully saturated rings. The Hall–Kier alpha value is -2.69. The van der Waals surface area contributed by atoms with Crippen molar-refractivity contribution in [2.45, 2.75) is 137 Å². The topological polar surface area (TPSA) is 145 Å². The van der Waals surface area contributed by atoms with Gasteiger partial charge in [-0.2, -0.15) is 0 Å². The Kier molecular flexibility index (Phi) is 11.5. The Morgan fingerprint density at radius 3 is 1.79 bits per heavy atom. The molecule has 2 aliphatic rings. The normalized spacial score (nSPS) is 22.3. The first-order valence-electron chi connectivity index (χ1n) is 15.8. The molecule has 43 heavy (non-hydrogen) atoms. The molecule has 5 amide bonds. The van der Waals surface area contributed by atoms with Crippen LogP contribution in [0.25, 0.3) is 0 Å². The van der Waals surface area contributed by atoms with E-state index in [2.05, 4.69) is 10.6 Å². The second-order valence-electron chi connectivity index (χ2n) is 15.3. The van der Waals surface area contributed by atoms with Crippen molar-refractivity contribution in [3.05, 3.63) is 0 Å². The molecule has 0 bridgehead atoms. The van der Waals surface area contributed by atoms with Gasteiger partial charge in [-0.05, 0) is 70.6 Å². The maximum absolute atomic E-state index is 14.6. The van der Waals surface area contributed by atoms with Gasteiger partial charge >= 0.3 is 0 Å². The molecule has 2 rings (SSSR count). The number of nitrogens with zero attached hydrogens (tertiary/aromatic N) is 3. The fraction of sp³-hybridized carbons (Fsp3) is 0.844. The molecule has 0 radical (unpaired) electrons. The maximum Gasteiger partial charge on any atom is 0.249 e. The lowest BCUT2D eigenvalue weighted by molar-refractivity contribution is -0.164. The summed E-state index contributed by atoms with van der Waals surface area (Å²) in [5.41, 5.74) is 3.56. The van der Waals surface area contributed by atoms with Crippen molar-refractivity contribution in [1.29, 1.82) is 0 Å². The molecule has 0 saturated carbocycles. The van der Waals surface area contributed by atoms with Gasteiger partial charge in [0.1, 0.15) is 23.7 Å². The van der Waals surface area contributed by atoms with Crippen LogP contribution in [0.2, 0.25) is 0 Å². The van der Waals surface area contributed by atoms with E-state index in [0.29, 0.717) is 38.8 Å². The van der Waals surface area contributed by atoms with E-state index in [4.69, 9.17) is 5.73 Å². The minimum Gasteiger partial charge on any atom is -0.350 e. The number of likely N-dealkylation sites (tertiary alicyclic amines) is 2. The van der Waals surface area contributed by atoms with Crippen LogP contribution in [-0.4, -0.2) is 99.6 Å². The van der Waals surface area contributed by atoms with E-state index >= 15 is 0 Å². The van der Waals surface area contributed by atoms with Crippen LogP contribution in [0.15, 0.2) is 0 Å². The fourth-order valence-corrected chi connectivity index (χ4v) is 5.96. The summed E-state index contributed by atoms with van der Waals surface area (Å²) in [4.78, 5) is 73.2. The zero-order valence-electron chi connectivity index (χ0n) is 28.7. The number of likely N-dealkylation sites (N-methyl/N-ethyl adjacent to an activating group) is 1. The summed E-state index contributed by atoms with van der Waals surface area (Å²) in [7, 11) is 1.59. The molecule has 4 N–H and O–H groups in total. The van der Waals surface area contributed by atoms with Crippen molar-refractivity contribution >= 4 is 29.5 Å². The molecule has 0 unspecified atom stereocenters. The Labute approximate surface area is 259 Å². The van der Waals surface area contributed by atoms with Crippen LogP contribution < -0.4 is 16.4 Å². The predicted octanol–water partition coefficient (Wildman–Crippen LogP) is 2.27. The third-order valence-electron chi connectivity index (χ3n) is 9.27. The summed E-state index contributed by atoms with van der Waals surface area (Å²) in [6.07, 6.45) is 2.43. The second-order valence-corrected chi connectivity index (χ2v) is 15.3. The number of hydrogen-bond acceptors (Lipinski definition) is 6. The Morgan fingerprint density at radius 2 is 1.33 bits per heavy atom. The monoisotopic (exact) mass is 606 g/mol. The van der Waals surface area contributed by atoms with Gasteiger partial charge in [-0.3, -0.25) is 24.0 Å². The standard InChI is InChI=1S/C32H58N6O5/c1-19(2)23(33)26(40)34-24(20(3)4)28(42)36(12)32(11,30(5,6)7)29(43)38-18-14-16-22(38)27(41)37-17-13-15-21(37)25(39)35-31(8,9)10/h19-24H,13-18,33H2,1-12H3,(H,34,40)(H,35,39)/t21-,22-,23-,24-,32+/m0/s1. The van der Waals surface area contributed by atoms with Crippen molar-refractivity contribution in [1.82, 2.24) is 25.3 Å². The highest BCUT2D eigenvalue weighted by Gasteiger charge is 2.55. The van der Waals surface area contributed by atoms with Crippen LogP contribution in [0.4, 0.5) is 0 Å². The third kappa shape index (κ3) is 7.88. The minimum absolute atomic E-state index is 0.110. The number of nitrogens with two attached hydrogens (primary N) is 1. The number of carbonyl (C=O) groups excluding carboxylic acids is 5. The van der Waals surface area contributed by atoms with Crippen LogP contribution in [0.1, 0.15) is 102 Å². The SMILES string of the molecule is CC(C)[C@H](N)C(=O)N[C@H](C(=O)N(C)[C@](C)(C(=O)N1CCC[C@H]1C(=O)N1CCC[C@H]1C(=O)NC(C)(C)C)C(C)(C)C)C(C)C. The van der Waals surface area contributed by atoms with E-state index in [1.54, 1.807) is 23.8 Å². The maximum atomic E-state index is 14.6. The number of amides is 5. The van der Waals surface area contributed by atoms with Crippen molar-refractivity contribution in [3.8, 4) is 0 Å². The van der Waals surface area contributed by atoms with Crippen LogP contribution in [-0.2, 0) is 24.0 Å². The average Bonchev–Trinajstić information content (AvgIpc) is 3.57. The molecule has 0 aromatic rings. The van der Waals surface area contributed by atoms with E-state index in [1.807, 2.05) is 69.2 Å². The molecular formula is C32H58N6O5. The quantitative estimate of drug-likeness (QED) is 0.367. The van der Waals surface area contributed by atoms with Gasteiger partial charge in [0.15, 0.2) is 0 Å². The molecule has 0 aromatic carbocycles. The van der Waals surface area contributed by atoms with Gasteiger partial charge in [0.2, 0.25) is 29.5 Å². The Bertz CT molecular complexity index is 1060. The lowest BCUT2D eigenvalue weighted by Gasteiger charge is -2.50. The Balaban J connectivity index is 2.39. The third-order valence-corrected chi connectivity index (χ3v) is 9.27. The summed E-state index contributed by atoms with van der Waals surface area (Å²) >= 11 is 0.